The van der Waals surface area contributed by atoms with Crippen molar-refractivity contribution in [1.82, 2.24) is 10.2 Å². The number of esters is 1. The number of amides is 2. The summed E-state index contributed by atoms with van der Waals surface area (Å²) in [6.45, 7) is 5.21. The summed E-state index contributed by atoms with van der Waals surface area (Å²) >= 11 is 1.50. The largest absolute Gasteiger partial charge is 0.480 e. The smallest absolute Gasteiger partial charge is 0.326 e. The monoisotopic (exact) mass is 320 g/mol. The van der Waals surface area contributed by atoms with Gasteiger partial charge in [-0.05, 0) is 39.2 Å². The van der Waals surface area contributed by atoms with Gasteiger partial charge in [-0.2, -0.15) is 11.8 Å². The summed E-state index contributed by atoms with van der Waals surface area (Å²) < 4.78 is 4.81. The van der Waals surface area contributed by atoms with Crippen molar-refractivity contribution >= 4 is 29.7 Å². The lowest BCUT2D eigenvalue weighted by Gasteiger charge is -2.27. The molecule has 21 heavy (non-hydrogen) atoms. The molecule has 0 rings (SSSR count). The second-order valence-corrected chi connectivity index (χ2v) is 5.63. The van der Waals surface area contributed by atoms with Gasteiger partial charge in [0.2, 0.25) is 0 Å². The molecule has 0 aromatic rings. The predicted octanol–water partition coefficient (Wildman–Crippen LogP) is 1.18. The fourth-order valence-electron chi connectivity index (χ4n) is 1.56. The van der Waals surface area contributed by atoms with Crippen LogP contribution in [0.25, 0.3) is 0 Å². The van der Waals surface area contributed by atoms with Gasteiger partial charge in [0, 0.05) is 6.04 Å². The van der Waals surface area contributed by atoms with E-state index in [-0.39, 0.29) is 19.2 Å². The Labute approximate surface area is 129 Å². The van der Waals surface area contributed by atoms with Crippen molar-refractivity contribution in [2.45, 2.75) is 39.3 Å². The van der Waals surface area contributed by atoms with Crippen LogP contribution < -0.4 is 5.32 Å². The third-order valence-electron chi connectivity index (χ3n) is 2.70. The van der Waals surface area contributed by atoms with Crippen LogP contribution in [0.5, 0.6) is 0 Å². The first-order valence-corrected chi connectivity index (χ1v) is 8.17. The van der Waals surface area contributed by atoms with Gasteiger partial charge in [-0.1, -0.05) is 0 Å². The van der Waals surface area contributed by atoms with Crippen molar-refractivity contribution in [3.05, 3.63) is 0 Å². The molecule has 0 saturated heterocycles. The summed E-state index contributed by atoms with van der Waals surface area (Å²) in [5.74, 6) is -0.980. The predicted molar refractivity (Wildman–Crippen MR) is 81.4 cm³/mol. The Morgan fingerprint density at radius 2 is 1.95 bits per heavy atom. The van der Waals surface area contributed by atoms with Gasteiger partial charge in [0.15, 0.2) is 0 Å². The lowest BCUT2D eigenvalue weighted by atomic mass is 10.2. The Bertz CT molecular complexity index is 362. The van der Waals surface area contributed by atoms with E-state index in [0.717, 1.165) is 0 Å². The van der Waals surface area contributed by atoms with Crippen LogP contribution in [-0.4, -0.2) is 65.2 Å². The number of thioether (sulfide) groups is 1. The minimum absolute atomic E-state index is 0.202. The molecule has 0 unspecified atom stereocenters. The SMILES string of the molecule is CCOC(=O)CN(C(=O)N[C@H](CCSC)C(=O)O)C(C)C. The standard InChI is InChI=1S/C13H24N2O5S/c1-5-20-11(16)8-15(9(2)3)13(19)14-10(12(17)18)6-7-21-4/h9-10H,5-8H2,1-4H3,(H,14,19)(H,17,18)/t10-/m1/s1. The first kappa shape index (κ1) is 19.6. The fourth-order valence-corrected chi connectivity index (χ4v) is 2.03. The van der Waals surface area contributed by atoms with Gasteiger partial charge >= 0.3 is 18.0 Å². The zero-order chi connectivity index (χ0) is 16.4. The number of carbonyl (C=O) groups excluding carboxylic acids is 2. The first-order valence-electron chi connectivity index (χ1n) is 6.77. The summed E-state index contributed by atoms with van der Waals surface area (Å²) in [5.41, 5.74) is 0. The van der Waals surface area contributed by atoms with E-state index in [1.807, 2.05) is 6.26 Å². The highest BCUT2D eigenvalue weighted by molar-refractivity contribution is 7.98. The highest BCUT2D eigenvalue weighted by Crippen LogP contribution is 2.05. The quantitative estimate of drug-likeness (QED) is 0.619. The number of urea groups is 1. The van der Waals surface area contributed by atoms with Crippen molar-refractivity contribution in [3.63, 3.8) is 0 Å². The molecule has 0 aliphatic heterocycles. The van der Waals surface area contributed by atoms with Crippen molar-refractivity contribution in [1.29, 1.82) is 0 Å². The number of nitrogens with one attached hydrogen (secondary N) is 1. The van der Waals surface area contributed by atoms with Gasteiger partial charge < -0.3 is 20.1 Å². The lowest BCUT2D eigenvalue weighted by Crippen LogP contribution is -2.52. The number of hydrogen-bond donors (Lipinski definition) is 2. The van der Waals surface area contributed by atoms with Crippen LogP contribution in [0.15, 0.2) is 0 Å². The Morgan fingerprint density at radius 3 is 2.38 bits per heavy atom. The molecule has 2 N–H and O–H groups in total. The van der Waals surface area contributed by atoms with Gasteiger partial charge in [-0.25, -0.2) is 9.59 Å². The van der Waals surface area contributed by atoms with Crippen LogP contribution in [0.3, 0.4) is 0 Å². The molecular formula is C13H24N2O5S. The van der Waals surface area contributed by atoms with Crippen LogP contribution in [-0.2, 0) is 14.3 Å². The fraction of sp³-hybridized carbons (Fsp3) is 0.769. The molecule has 0 heterocycles. The molecule has 8 heteroatoms. The average Bonchev–Trinajstić information content (AvgIpc) is 2.40. The Balaban J connectivity index is 4.71. The Morgan fingerprint density at radius 1 is 1.33 bits per heavy atom. The van der Waals surface area contributed by atoms with Gasteiger partial charge in [0.05, 0.1) is 6.61 Å². The summed E-state index contributed by atoms with van der Waals surface area (Å²) in [5, 5.41) is 11.5. The van der Waals surface area contributed by atoms with Gasteiger partial charge in [0.25, 0.3) is 0 Å². The van der Waals surface area contributed by atoms with E-state index in [1.54, 1.807) is 20.8 Å². The number of carboxylic acids is 1. The molecule has 122 valence electrons. The molecule has 0 saturated carbocycles. The van der Waals surface area contributed by atoms with Crippen LogP contribution in [0.1, 0.15) is 27.2 Å². The molecular weight excluding hydrogens is 296 g/mol. The normalized spacial score (nSPS) is 11.9. The van der Waals surface area contributed by atoms with Crippen molar-refractivity contribution in [2.24, 2.45) is 0 Å². The topological polar surface area (TPSA) is 95.9 Å². The molecule has 0 aliphatic carbocycles. The lowest BCUT2D eigenvalue weighted by molar-refractivity contribution is -0.144. The molecule has 0 aromatic heterocycles. The van der Waals surface area contributed by atoms with E-state index in [0.29, 0.717) is 12.2 Å². The number of aliphatic carboxylic acids is 1. The molecule has 0 fully saturated rings. The summed E-state index contributed by atoms with van der Waals surface area (Å²) in [7, 11) is 0. The third kappa shape index (κ3) is 7.79. The minimum Gasteiger partial charge on any atom is -0.480 e. The van der Waals surface area contributed by atoms with Crippen LogP contribution >= 0.6 is 11.8 Å². The van der Waals surface area contributed by atoms with Gasteiger partial charge in [-0.3, -0.25) is 4.79 Å². The Hall–Kier alpha value is -1.44. The second kappa shape index (κ2) is 10.3. The summed E-state index contributed by atoms with van der Waals surface area (Å²) in [6.07, 6.45) is 2.19. The number of carboxylic acid groups (broad SMARTS) is 1. The molecule has 0 spiro atoms. The van der Waals surface area contributed by atoms with Crippen LogP contribution in [0.2, 0.25) is 0 Å². The van der Waals surface area contributed by atoms with Crippen LogP contribution in [0, 0.1) is 0 Å². The first-order chi connectivity index (χ1) is 9.83. The van der Waals surface area contributed by atoms with Crippen molar-refractivity contribution in [3.8, 4) is 0 Å². The number of ether oxygens (including phenoxy) is 1. The Kier molecular flexibility index (Phi) is 9.60. The summed E-state index contributed by atoms with van der Waals surface area (Å²) in [6, 6.07) is -1.79. The zero-order valence-electron chi connectivity index (χ0n) is 12.9. The number of hydrogen-bond acceptors (Lipinski definition) is 5. The maximum Gasteiger partial charge on any atom is 0.326 e. The van der Waals surface area contributed by atoms with Gasteiger partial charge in [-0.15, -0.1) is 0 Å². The zero-order valence-corrected chi connectivity index (χ0v) is 13.7. The number of nitrogens with zero attached hydrogens (tertiary/aromatic N) is 1. The maximum atomic E-state index is 12.1. The molecule has 0 radical (unpaired) electrons. The molecule has 1 atom stereocenters. The van der Waals surface area contributed by atoms with Crippen molar-refractivity contribution < 1.29 is 24.2 Å². The second-order valence-electron chi connectivity index (χ2n) is 4.65. The molecule has 7 nitrogen and oxygen atoms in total. The van der Waals surface area contributed by atoms with E-state index >= 15 is 0 Å². The molecule has 0 bridgehead atoms. The van der Waals surface area contributed by atoms with E-state index in [9.17, 15) is 14.4 Å². The summed E-state index contributed by atoms with van der Waals surface area (Å²) in [4.78, 5) is 36.0. The van der Waals surface area contributed by atoms with E-state index in [1.165, 1.54) is 16.7 Å². The highest BCUT2D eigenvalue weighted by Gasteiger charge is 2.26. The van der Waals surface area contributed by atoms with E-state index < -0.39 is 24.0 Å². The highest BCUT2D eigenvalue weighted by atomic mass is 32.2. The van der Waals surface area contributed by atoms with E-state index in [2.05, 4.69) is 5.32 Å². The van der Waals surface area contributed by atoms with Crippen molar-refractivity contribution in [2.75, 3.05) is 25.2 Å². The third-order valence-corrected chi connectivity index (χ3v) is 3.34. The van der Waals surface area contributed by atoms with Crippen LogP contribution in [0.4, 0.5) is 4.79 Å². The number of carbonyl (C=O) groups is 3. The molecule has 2 amide bonds. The minimum atomic E-state index is -1.09. The van der Waals surface area contributed by atoms with E-state index in [4.69, 9.17) is 9.84 Å². The molecule has 0 aliphatic rings. The molecule has 0 aromatic carbocycles. The number of rotatable bonds is 9. The van der Waals surface area contributed by atoms with Gasteiger partial charge in [0.1, 0.15) is 12.6 Å². The average molecular weight is 320 g/mol. The maximum absolute atomic E-state index is 12.1.